The Hall–Kier alpha value is -1.88. The first-order valence-electron chi connectivity index (χ1n) is 5.54. The second kappa shape index (κ2) is 4.42. The van der Waals surface area contributed by atoms with Crippen LogP contribution in [-0.4, -0.2) is 21.0 Å². The first kappa shape index (κ1) is 12.6. The van der Waals surface area contributed by atoms with Gasteiger partial charge in [0.05, 0.1) is 5.69 Å². The van der Waals surface area contributed by atoms with Gasteiger partial charge in [0.1, 0.15) is 0 Å². The molecule has 0 bridgehead atoms. The normalized spacial score (nSPS) is 10.6. The Bertz CT molecular complexity index is 683. The Morgan fingerprint density at radius 2 is 1.72 bits per heavy atom. The number of aryl methyl sites for hydroxylation is 3. The van der Waals surface area contributed by atoms with E-state index in [2.05, 4.69) is 9.97 Å². The zero-order valence-corrected chi connectivity index (χ0v) is 11.2. The third-order valence-electron chi connectivity index (χ3n) is 3.05. The molecule has 18 heavy (non-hydrogen) atoms. The highest BCUT2D eigenvalue weighted by atomic mass is 32.1. The van der Waals surface area contributed by atoms with Crippen LogP contribution in [0.5, 0.6) is 0 Å². The molecule has 0 saturated carbocycles. The monoisotopic (exact) mass is 262 g/mol. The Morgan fingerprint density at radius 3 is 2.33 bits per heavy atom. The summed E-state index contributed by atoms with van der Waals surface area (Å²) in [6.07, 6.45) is 0. The number of aromatic carboxylic acids is 1. The van der Waals surface area contributed by atoms with Gasteiger partial charge in [0.2, 0.25) is 0 Å². The number of imidazole rings is 1. The van der Waals surface area contributed by atoms with Gasteiger partial charge in [0.15, 0.2) is 10.5 Å². The third-order valence-corrected chi connectivity index (χ3v) is 3.26. The number of aromatic amines is 2. The van der Waals surface area contributed by atoms with E-state index in [4.69, 9.17) is 17.3 Å². The molecule has 0 amide bonds. The van der Waals surface area contributed by atoms with E-state index in [0.717, 1.165) is 16.7 Å². The van der Waals surface area contributed by atoms with E-state index < -0.39 is 5.97 Å². The van der Waals surface area contributed by atoms with Crippen molar-refractivity contribution < 1.29 is 9.90 Å². The Kier molecular flexibility index (Phi) is 3.09. The number of benzene rings is 1. The van der Waals surface area contributed by atoms with Gasteiger partial charge in [-0.15, -0.1) is 0 Å². The smallest absolute Gasteiger partial charge is 0.354 e. The fourth-order valence-electron chi connectivity index (χ4n) is 1.98. The number of nitrogens with one attached hydrogen (secondary N) is 2. The van der Waals surface area contributed by atoms with Gasteiger partial charge in [-0.2, -0.15) is 0 Å². The third kappa shape index (κ3) is 2.09. The van der Waals surface area contributed by atoms with E-state index in [1.807, 2.05) is 32.9 Å². The maximum atomic E-state index is 11.2. The molecule has 5 heteroatoms. The van der Waals surface area contributed by atoms with Crippen LogP contribution in [0.1, 0.15) is 27.2 Å². The molecule has 4 nitrogen and oxygen atoms in total. The molecular weight excluding hydrogens is 248 g/mol. The molecule has 0 spiro atoms. The van der Waals surface area contributed by atoms with Gasteiger partial charge in [0, 0.05) is 5.56 Å². The lowest BCUT2D eigenvalue weighted by atomic mass is 9.98. The summed E-state index contributed by atoms with van der Waals surface area (Å²) >= 11 is 4.97. The lowest BCUT2D eigenvalue weighted by Gasteiger charge is -2.09. The van der Waals surface area contributed by atoms with Gasteiger partial charge in [-0.05, 0) is 55.7 Å². The highest BCUT2D eigenvalue weighted by molar-refractivity contribution is 7.71. The van der Waals surface area contributed by atoms with E-state index in [0.29, 0.717) is 10.5 Å². The molecule has 0 aliphatic carbocycles. The van der Waals surface area contributed by atoms with E-state index in [9.17, 15) is 4.79 Å². The van der Waals surface area contributed by atoms with Gasteiger partial charge in [-0.1, -0.05) is 6.07 Å². The highest BCUT2D eigenvalue weighted by Crippen LogP contribution is 2.27. The molecule has 0 radical (unpaired) electrons. The fourth-order valence-corrected chi connectivity index (χ4v) is 2.18. The standard InChI is InChI=1S/C13H14N2O2S/c1-6-4-8(3)9(5-7(6)2)10-11(12(16)17)15-13(18)14-10/h4-5H,1-3H3,(H,16,17)(H2,14,15,18). The molecule has 0 aliphatic heterocycles. The first-order chi connectivity index (χ1) is 8.40. The van der Waals surface area contributed by atoms with Crippen molar-refractivity contribution >= 4 is 18.2 Å². The number of hydrogen-bond donors (Lipinski definition) is 3. The van der Waals surface area contributed by atoms with E-state index >= 15 is 0 Å². The maximum Gasteiger partial charge on any atom is 0.354 e. The van der Waals surface area contributed by atoms with Gasteiger partial charge in [-0.3, -0.25) is 0 Å². The van der Waals surface area contributed by atoms with Gasteiger partial charge >= 0.3 is 5.97 Å². The quantitative estimate of drug-likeness (QED) is 0.727. The minimum atomic E-state index is -1.02. The largest absolute Gasteiger partial charge is 0.477 e. The zero-order valence-electron chi connectivity index (χ0n) is 10.4. The number of hydrogen-bond acceptors (Lipinski definition) is 2. The number of carboxylic acids is 1. The Labute approximate surface area is 110 Å². The molecule has 0 unspecified atom stereocenters. The Morgan fingerprint density at radius 1 is 1.11 bits per heavy atom. The number of H-pyrrole nitrogens is 2. The van der Waals surface area contributed by atoms with Crippen LogP contribution >= 0.6 is 12.2 Å². The van der Waals surface area contributed by atoms with Crippen molar-refractivity contribution in [2.24, 2.45) is 0 Å². The van der Waals surface area contributed by atoms with Crippen LogP contribution < -0.4 is 0 Å². The molecule has 0 fully saturated rings. The van der Waals surface area contributed by atoms with Crippen molar-refractivity contribution in [2.45, 2.75) is 20.8 Å². The fraction of sp³-hybridized carbons (Fsp3) is 0.231. The summed E-state index contributed by atoms with van der Waals surface area (Å²) in [6.45, 7) is 5.99. The van der Waals surface area contributed by atoms with Gasteiger partial charge in [-0.25, -0.2) is 4.79 Å². The topological polar surface area (TPSA) is 68.9 Å². The van der Waals surface area contributed by atoms with Crippen molar-refractivity contribution in [2.75, 3.05) is 0 Å². The van der Waals surface area contributed by atoms with Crippen LogP contribution in [0, 0.1) is 25.5 Å². The van der Waals surface area contributed by atoms with Crippen LogP contribution in [0.2, 0.25) is 0 Å². The van der Waals surface area contributed by atoms with Crippen LogP contribution in [0.3, 0.4) is 0 Å². The molecular formula is C13H14N2O2S. The molecule has 1 aromatic carbocycles. The van der Waals surface area contributed by atoms with Crippen molar-refractivity contribution in [1.82, 2.24) is 9.97 Å². The van der Waals surface area contributed by atoms with E-state index in [1.54, 1.807) is 0 Å². The molecule has 3 N–H and O–H groups in total. The minimum Gasteiger partial charge on any atom is -0.477 e. The summed E-state index contributed by atoms with van der Waals surface area (Å²) in [5, 5.41) is 9.16. The zero-order chi connectivity index (χ0) is 13.4. The minimum absolute atomic E-state index is 0.103. The number of carbonyl (C=O) groups is 1. The van der Waals surface area contributed by atoms with Crippen molar-refractivity contribution in [3.05, 3.63) is 39.3 Å². The second-order valence-electron chi connectivity index (χ2n) is 4.39. The number of aromatic nitrogens is 2. The summed E-state index contributed by atoms with van der Waals surface area (Å²) in [5.74, 6) is -1.02. The predicted octanol–water partition coefficient (Wildman–Crippen LogP) is 3.36. The van der Waals surface area contributed by atoms with Crippen molar-refractivity contribution in [3.8, 4) is 11.3 Å². The summed E-state index contributed by atoms with van der Waals surface area (Å²) in [6, 6.07) is 4.02. The molecule has 0 saturated heterocycles. The van der Waals surface area contributed by atoms with Crippen LogP contribution in [-0.2, 0) is 0 Å². The average molecular weight is 262 g/mol. The molecule has 2 rings (SSSR count). The molecule has 0 aliphatic rings. The number of rotatable bonds is 2. The van der Waals surface area contributed by atoms with Crippen molar-refractivity contribution in [1.29, 1.82) is 0 Å². The van der Waals surface area contributed by atoms with Crippen molar-refractivity contribution in [3.63, 3.8) is 0 Å². The predicted molar refractivity (Wildman–Crippen MR) is 72.6 cm³/mol. The average Bonchev–Trinajstić information content (AvgIpc) is 2.65. The summed E-state index contributed by atoms with van der Waals surface area (Å²) in [4.78, 5) is 16.7. The van der Waals surface area contributed by atoms with Crippen LogP contribution in [0.25, 0.3) is 11.3 Å². The lowest BCUT2D eigenvalue weighted by molar-refractivity contribution is 0.0692. The summed E-state index contributed by atoms with van der Waals surface area (Å²) in [5.41, 5.74) is 4.82. The number of carboxylic acid groups (broad SMARTS) is 1. The second-order valence-corrected chi connectivity index (χ2v) is 4.79. The Balaban J connectivity index is 2.73. The maximum absolute atomic E-state index is 11.2. The van der Waals surface area contributed by atoms with Gasteiger partial charge < -0.3 is 15.1 Å². The SMILES string of the molecule is Cc1cc(C)c(-c2[nH]c(=S)[nH]c2C(=O)O)cc1C. The lowest BCUT2D eigenvalue weighted by Crippen LogP contribution is -2.00. The first-order valence-corrected chi connectivity index (χ1v) is 5.94. The van der Waals surface area contributed by atoms with E-state index in [1.165, 1.54) is 5.56 Å². The van der Waals surface area contributed by atoms with E-state index in [-0.39, 0.29) is 5.69 Å². The molecule has 94 valence electrons. The highest BCUT2D eigenvalue weighted by Gasteiger charge is 2.16. The summed E-state index contributed by atoms with van der Waals surface area (Å²) in [7, 11) is 0. The molecule has 2 aromatic rings. The van der Waals surface area contributed by atoms with Gasteiger partial charge in [0.25, 0.3) is 0 Å². The van der Waals surface area contributed by atoms with Crippen LogP contribution in [0.15, 0.2) is 12.1 Å². The molecule has 0 atom stereocenters. The molecule has 1 heterocycles. The molecule has 1 aromatic heterocycles. The summed E-state index contributed by atoms with van der Waals surface area (Å²) < 4.78 is 0.319. The van der Waals surface area contributed by atoms with Crippen LogP contribution in [0.4, 0.5) is 0 Å².